The Balaban J connectivity index is 2.08. The summed E-state index contributed by atoms with van der Waals surface area (Å²) < 4.78 is 18.6. The Morgan fingerprint density at radius 3 is 1.97 bits per heavy atom. The van der Waals surface area contributed by atoms with Gasteiger partial charge in [-0.05, 0) is 28.1 Å². The molecule has 1 aromatic carbocycles. The smallest absolute Gasteiger partial charge is 0.303 e. The predicted molar refractivity (Wildman–Crippen MR) is 107 cm³/mol. The van der Waals surface area contributed by atoms with Crippen LogP contribution in [-0.2, 0) is 33.3 Å². The third kappa shape index (κ3) is 4.52. The van der Waals surface area contributed by atoms with Crippen LogP contribution in [0.25, 0.3) is 0 Å². The van der Waals surface area contributed by atoms with E-state index in [9.17, 15) is 29.1 Å². The molecule has 5 atom stereocenters. The molecule has 0 unspecified atom stereocenters. The van der Waals surface area contributed by atoms with Crippen molar-refractivity contribution in [1.82, 2.24) is 4.90 Å². The van der Waals surface area contributed by atoms with E-state index in [4.69, 9.17) is 18.9 Å². The van der Waals surface area contributed by atoms with Crippen molar-refractivity contribution in [2.24, 2.45) is 0 Å². The molecule has 2 aliphatic rings. The topological polar surface area (TPSA) is 146 Å². The molecule has 32 heavy (non-hydrogen) atoms. The van der Waals surface area contributed by atoms with Gasteiger partial charge in [-0.1, -0.05) is 12.1 Å². The highest BCUT2D eigenvalue weighted by atomic mass is 79.9. The van der Waals surface area contributed by atoms with E-state index in [1.807, 2.05) is 0 Å². The number of alkyl halides is 1. The Labute approximate surface area is 190 Å². The lowest BCUT2D eigenvalue weighted by atomic mass is 9.94. The second kappa shape index (κ2) is 8.96. The van der Waals surface area contributed by atoms with Gasteiger partial charge in [0.1, 0.15) is 18.8 Å². The minimum Gasteiger partial charge on any atom is -0.463 e. The Morgan fingerprint density at radius 1 is 1.00 bits per heavy atom. The van der Waals surface area contributed by atoms with Crippen LogP contribution in [0.3, 0.4) is 0 Å². The first-order chi connectivity index (χ1) is 14.9. The first-order valence-electron chi connectivity index (χ1n) is 9.48. The monoisotopic (exact) mass is 513 g/mol. The lowest BCUT2D eigenvalue weighted by molar-refractivity contribution is -0.285. The number of esters is 3. The summed E-state index contributed by atoms with van der Waals surface area (Å²) in [5, 5.41) is 11.1. The molecule has 0 aliphatic carbocycles. The van der Waals surface area contributed by atoms with E-state index in [2.05, 4.69) is 15.9 Å². The van der Waals surface area contributed by atoms with E-state index in [1.165, 1.54) is 12.1 Å². The van der Waals surface area contributed by atoms with Crippen LogP contribution in [0.4, 0.5) is 0 Å². The lowest BCUT2D eigenvalue weighted by Crippen LogP contribution is -2.70. The van der Waals surface area contributed by atoms with E-state index in [1.54, 1.807) is 12.1 Å². The fourth-order valence-electron chi connectivity index (χ4n) is 3.70. The summed E-state index contributed by atoms with van der Waals surface area (Å²) in [6.45, 7) is 2.80. The summed E-state index contributed by atoms with van der Waals surface area (Å²) in [5.74, 6) is -3.86. The number of carbonyl (C=O) groups is 5. The SMILES string of the molecule is CC(=O)OC[C@H]1O[C@@](O)(Br)[C@@H](N2C(=O)c3ccccc3C2=O)[C@@H](OC(C)=O)[C@H]1OC(C)=O. The first-order valence-corrected chi connectivity index (χ1v) is 10.3. The van der Waals surface area contributed by atoms with Crippen LogP contribution in [-0.4, -0.2) is 75.4 Å². The van der Waals surface area contributed by atoms with Gasteiger partial charge in [0.2, 0.25) is 4.70 Å². The minimum absolute atomic E-state index is 0.0773. The molecular formula is C20H20BrNO10. The van der Waals surface area contributed by atoms with Gasteiger partial charge in [0.25, 0.3) is 11.8 Å². The summed E-state index contributed by atoms with van der Waals surface area (Å²) in [6.07, 6.45) is -4.29. The van der Waals surface area contributed by atoms with Crippen molar-refractivity contribution in [1.29, 1.82) is 0 Å². The largest absolute Gasteiger partial charge is 0.463 e. The van der Waals surface area contributed by atoms with Crippen LogP contribution in [0.1, 0.15) is 41.5 Å². The highest BCUT2D eigenvalue weighted by molar-refractivity contribution is 9.10. The van der Waals surface area contributed by atoms with E-state index >= 15 is 0 Å². The molecule has 12 heteroatoms. The third-order valence-electron chi connectivity index (χ3n) is 4.84. The normalized spacial score (nSPS) is 29.3. The van der Waals surface area contributed by atoms with E-state index in [0.717, 1.165) is 20.8 Å². The predicted octanol–water partition coefficient (Wildman–Crippen LogP) is 0.518. The van der Waals surface area contributed by atoms with Crippen LogP contribution in [0.5, 0.6) is 0 Å². The Kier molecular flexibility index (Phi) is 6.67. The van der Waals surface area contributed by atoms with Gasteiger partial charge >= 0.3 is 17.9 Å². The molecule has 3 rings (SSSR count). The van der Waals surface area contributed by atoms with Crippen molar-refractivity contribution >= 4 is 45.7 Å². The number of carbonyl (C=O) groups excluding carboxylic acids is 5. The average molecular weight is 514 g/mol. The molecule has 0 bridgehead atoms. The van der Waals surface area contributed by atoms with Crippen LogP contribution < -0.4 is 0 Å². The molecule has 1 N–H and O–H groups in total. The van der Waals surface area contributed by atoms with Crippen molar-refractivity contribution in [3.63, 3.8) is 0 Å². The maximum atomic E-state index is 13.1. The van der Waals surface area contributed by atoms with Crippen molar-refractivity contribution < 1.29 is 48.0 Å². The number of nitrogens with zero attached hydrogens (tertiary/aromatic N) is 1. The molecule has 0 spiro atoms. The molecule has 1 fully saturated rings. The van der Waals surface area contributed by atoms with Gasteiger partial charge in [0.15, 0.2) is 12.2 Å². The zero-order valence-electron chi connectivity index (χ0n) is 17.3. The molecule has 2 aliphatic heterocycles. The number of rotatable bonds is 5. The number of imide groups is 1. The maximum Gasteiger partial charge on any atom is 0.303 e. The maximum absolute atomic E-state index is 13.1. The Bertz CT molecular complexity index is 942. The zero-order chi connectivity index (χ0) is 23.8. The number of amides is 2. The van der Waals surface area contributed by atoms with Crippen molar-refractivity contribution in [2.45, 2.75) is 49.8 Å². The number of benzene rings is 1. The number of hydrogen-bond donors (Lipinski definition) is 1. The Hall–Kier alpha value is -2.83. The van der Waals surface area contributed by atoms with E-state index in [-0.39, 0.29) is 11.1 Å². The fraction of sp³-hybridized carbons (Fsp3) is 0.450. The van der Waals surface area contributed by atoms with Gasteiger partial charge in [-0.15, -0.1) is 0 Å². The van der Waals surface area contributed by atoms with Gasteiger partial charge in [-0.3, -0.25) is 28.9 Å². The van der Waals surface area contributed by atoms with Gasteiger partial charge in [-0.25, -0.2) is 0 Å². The van der Waals surface area contributed by atoms with Crippen LogP contribution in [0, 0.1) is 0 Å². The standard InChI is InChI=1S/C20H20BrNO10/c1-9(23)29-8-14-15(30-10(2)24)16(31-11(3)25)17(20(21,28)32-14)22-18(26)12-6-4-5-7-13(12)19(22)27/h4-7,14-17,28H,8H2,1-3H3/t14-,15+,16+,17+,20-/m1/s1. The second-order valence-corrected chi connectivity index (χ2v) is 8.32. The van der Waals surface area contributed by atoms with Crippen LogP contribution in [0.15, 0.2) is 24.3 Å². The molecule has 2 heterocycles. The molecule has 1 saturated heterocycles. The summed E-state index contributed by atoms with van der Waals surface area (Å²) in [4.78, 5) is 61.7. The van der Waals surface area contributed by atoms with Gasteiger partial charge < -0.3 is 24.1 Å². The zero-order valence-corrected chi connectivity index (χ0v) is 18.9. The molecular weight excluding hydrogens is 494 g/mol. The molecule has 172 valence electrons. The van der Waals surface area contributed by atoms with Gasteiger partial charge in [0, 0.05) is 20.8 Å². The molecule has 0 radical (unpaired) electrons. The highest BCUT2D eigenvalue weighted by Gasteiger charge is 2.62. The van der Waals surface area contributed by atoms with E-state index in [0.29, 0.717) is 4.90 Å². The number of halogens is 1. The third-order valence-corrected chi connectivity index (χ3v) is 5.50. The number of aliphatic hydroxyl groups is 1. The average Bonchev–Trinajstić information content (AvgIpc) is 2.93. The quantitative estimate of drug-likeness (QED) is 0.255. The molecule has 0 saturated carbocycles. The number of fused-ring (bicyclic) bond motifs is 1. The molecule has 2 amide bonds. The van der Waals surface area contributed by atoms with Crippen LogP contribution >= 0.6 is 15.9 Å². The summed E-state index contributed by atoms with van der Waals surface area (Å²) in [6, 6.07) is 4.33. The van der Waals surface area contributed by atoms with Crippen molar-refractivity contribution in [3.8, 4) is 0 Å². The van der Waals surface area contributed by atoms with E-state index < -0.39 is 65.4 Å². The van der Waals surface area contributed by atoms with Crippen molar-refractivity contribution in [2.75, 3.05) is 6.61 Å². The molecule has 11 nitrogen and oxygen atoms in total. The second-order valence-electron chi connectivity index (χ2n) is 7.19. The van der Waals surface area contributed by atoms with Gasteiger partial charge in [0.05, 0.1) is 11.1 Å². The van der Waals surface area contributed by atoms with Crippen LogP contribution in [0.2, 0.25) is 0 Å². The summed E-state index contributed by atoms with van der Waals surface area (Å²) >= 11 is 2.96. The minimum atomic E-state index is -2.44. The highest BCUT2D eigenvalue weighted by Crippen LogP contribution is 2.41. The number of hydrogen-bond acceptors (Lipinski definition) is 10. The molecule has 0 aromatic heterocycles. The van der Waals surface area contributed by atoms with Crippen molar-refractivity contribution in [3.05, 3.63) is 35.4 Å². The number of ether oxygens (including phenoxy) is 4. The van der Waals surface area contributed by atoms with Gasteiger partial charge in [-0.2, -0.15) is 0 Å². The molecule has 1 aromatic rings. The lowest BCUT2D eigenvalue weighted by Gasteiger charge is -2.49. The fourth-order valence-corrected chi connectivity index (χ4v) is 4.40. The summed E-state index contributed by atoms with van der Waals surface area (Å²) in [7, 11) is 0. The first kappa shape index (κ1) is 23.8. The summed E-state index contributed by atoms with van der Waals surface area (Å²) in [5.41, 5.74) is 0.155. The Morgan fingerprint density at radius 2 is 1.50 bits per heavy atom.